The number of carbonyl (C=O) groups is 2. The third-order valence-corrected chi connectivity index (χ3v) is 3.59. The lowest BCUT2D eigenvalue weighted by Gasteiger charge is -2.15. The lowest BCUT2D eigenvalue weighted by molar-refractivity contribution is -0.144. The van der Waals surface area contributed by atoms with Crippen LogP contribution in [-0.2, 0) is 23.6 Å². The molecule has 0 saturated carbocycles. The summed E-state index contributed by atoms with van der Waals surface area (Å²) in [5, 5.41) is 2.46. The maximum atomic E-state index is 11.6. The van der Waals surface area contributed by atoms with Crippen LogP contribution in [0.1, 0.15) is 13.3 Å². The van der Waals surface area contributed by atoms with Crippen molar-refractivity contribution in [1.29, 1.82) is 0 Å². The summed E-state index contributed by atoms with van der Waals surface area (Å²) in [4.78, 5) is 22.2. The van der Waals surface area contributed by atoms with Gasteiger partial charge in [-0.1, -0.05) is 0 Å². The molecule has 6 nitrogen and oxygen atoms in total. The normalized spacial score (nSPS) is 13.7. The Kier molecular flexibility index (Phi) is 10.0. The largest absolute Gasteiger partial charge is 0.467 e. The number of hydrogen-bond acceptors (Lipinski definition) is 5. The lowest BCUT2D eigenvalue weighted by Crippen LogP contribution is -2.40. The number of halogens is 1. The summed E-state index contributed by atoms with van der Waals surface area (Å²) in [6.07, 6.45) is 0.729. The highest BCUT2D eigenvalue weighted by molar-refractivity contribution is 7.44. The first-order valence-electron chi connectivity index (χ1n) is 5.51. The van der Waals surface area contributed by atoms with E-state index in [1.807, 2.05) is 0 Å². The molecule has 2 unspecified atom stereocenters. The third-order valence-electron chi connectivity index (χ3n) is 2.06. The molecule has 8 heteroatoms. The second kappa shape index (κ2) is 10.4. The average molecular weight is 300 g/mol. The molecule has 18 heavy (non-hydrogen) atoms. The number of amides is 1. The fraction of sp³-hybridized carbons (Fsp3) is 0.800. The highest BCUT2D eigenvalue weighted by atomic mass is 35.5. The second-order valence-corrected chi connectivity index (χ2v) is 5.84. The quantitative estimate of drug-likeness (QED) is 0.295. The number of methoxy groups -OCH3 is 1. The van der Waals surface area contributed by atoms with Gasteiger partial charge in [0.25, 0.3) is 0 Å². The van der Waals surface area contributed by atoms with E-state index in [0.717, 1.165) is 0 Å². The van der Waals surface area contributed by atoms with Gasteiger partial charge in [-0.05, 0) is 6.42 Å². The third kappa shape index (κ3) is 8.50. The number of rotatable bonds is 9. The molecule has 0 saturated heterocycles. The van der Waals surface area contributed by atoms with Gasteiger partial charge in [0.1, 0.15) is 13.8 Å². The van der Waals surface area contributed by atoms with Crippen LogP contribution in [0, 0.1) is 0 Å². The Morgan fingerprint density at radius 3 is 2.61 bits per heavy atom. The van der Waals surface area contributed by atoms with E-state index < -0.39 is 19.8 Å². The minimum atomic E-state index is -1.92. The number of ether oxygens (including phenoxy) is 2. The van der Waals surface area contributed by atoms with Crippen LogP contribution in [0.5, 0.6) is 0 Å². The van der Waals surface area contributed by atoms with Crippen molar-refractivity contribution in [1.82, 2.24) is 5.32 Å². The van der Waals surface area contributed by atoms with Gasteiger partial charge in [-0.2, -0.15) is 0 Å². The molecule has 0 heterocycles. The summed E-state index contributed by atoms with van der Waals surface area (Å²) >= 11 is 5.41. The van der Waals surface area contributed by atoms with Crippen LogP contribution in [-0.4, -0.2) is 50.0 Å². The monoisotopic (exact) mass is 299 g/mol. The lowest BCUT2D eigenvalue weighted by atomic mass is 10.2. The fourth-order valence-electron chi connectivity index (χ4n) is 1.25. The zero-order valence-corrected chi connectivity index (χ0v) is 12.3. The summed E-state index contributed by atoms with van der Waals surface area (Å²) in [6, 6.07) is -0.755. The molecule has 0 fully saturated rings. The molecule has 0 aromatic heterocycles. The molecule has 0 aliphatic heterocycles. The Bertz CT molecular complexity index is 300. The van der Waals surface area contributed by atoms with Crippen molar-refractivity contribution < 1.29 is 23.6 Å². The van der Waals surface area contributed by atoms with Crippen molar-refractivity contribution in [2.24, 2.45) is 0 Å². The summed E-state index contributed by atoms with van der Waals surface area (Å²) < 4.78 is 21.2. The number of esters is 1. The predicted octanol–water partition coefficient (Wildman–Crippen LogP) is 0.827. The summed E-state index contributed by atoms with van der Waals surface area (Å²) in [6.45, 7) is 1.66. The first kappa shape index (κ1) is 17.4. The molecule has 0 aliphatic carbocycles. The standard InChI is InChI=1S/C10H19ClNO5P/c1-8(13)12-9(10(14)16-2)3-6-18(15)7-17-5-4-11/h9,18H,3-7H2,1-2H3,(H,12,13). The van der Waals surface area contributed by atoms with E-state index in [-0.39, 0.29) is 18.7 Å². The van der Waals surface area contributed by atoms with Gasteiger partial charge in [0, 0.05) is 19.0 Å². The summed E-state index contributed by atoms with van der Waals surface area (Å²) in [7, 11) is -0.684. The first-order valence-corrected chi connectivity index (χ1v) is 7.87. The van der Waals surface area contributed by atoms with Crippen molar-refractivity contribution in [3.05, 3.63) is 0 Å². The molecule has 1 amide bonds. The molecule has 0 aromatic carbocycles. The second-order valence-electron chi connectivity index (χ2n) is 3.60. The van der Waals surface area contributed by atoms with Gasteiger partial charge in [-0.3, -0.25) is 4.79 Å². The number of alkyl halides is 1. The Hall–Kier alpha value is -0.580. The zero-order chi connectivity index (χ0) is 14.0. The molecule has 1 N–H and O–H groups in total. The topological polar surface area (TPSA) is 81.7 Å². The van der Waals surface area contributed by atoms with Crippen molar-refractivity contribution in [2.45, 2.75) is 19.4 Å². The minimum Gasteiger partial charge on any atom is -0.467 e. The SMILES string of the molecule is COC(=O)C(CC[PH](=O)COCCCl)NC(C)=O. The maximum absolute atomic E-state index is 11.6. The predicted molar refractivity (Wildman–Crippen MR) is 69.6 cm³/mol. The Morgan fingerprint density at radius 2 is 2.11 bits per heavy atom. The van der Waals surface area contributed by atoms with Crippen LogP contribution >= 0.6 is 19.4 Å². The van der Waals surface area contributed by atoms with E-state index >= 15 is 0 Å². The van der Waals surface area contributed by atoms with Crippen LogP contribution in [0.4, 0.5) is 0 Å². The number of hydrogen-bond donors (Lipinski definition) is 1. The van der Waals surface area contributed by atoms with E-state index in [4.69, 9.17) is 16.3 Å². The fourth-order valence-corrected chi connectivity index (χ4v) is 2.49. The first-order chi connectivity index (χ1) is 8.51. The van der Waals surface area contributed by atoms with Gasteiger partial charge in [0.2, 0.25) is 5.91 Å². The molecule has 0 spiro atoms. The highest BCUT2D eigenvalue weighted by Gasteiger charge is 2.20. The van der Waals surface area contributed by atoms with Gasteiger partial charge >= 0.3 is 5.97 Å². The summed E-state index contributed by atoms with van der Waals surface area (Å²) in [5.74, 6) is -0.517. The minimum absolute atomic E-state index is 0.144. The van der Waals surface area contributed by atoms with Crippen molar-refractivity contribution in [2.75, 3.05) is 32.1 Å². The van der Waals surface area contributed by atoms with E-state index in [1.54, 1.807) is 0 Å². The van der Waals surface area contributed by atoms with Crippen LogP contribution in [0.15, 0.2) is 0 Å². The molecule has 0 radical (unpaired) electrons. The van der Waals surface area contributed by atoms with Crippen LogP contribution < -0.4 is 5.32 Å². The highest BCUT2D eigenvalue weighted by Crippen LogP contribution is 2.22. The Labute approximate surface area is 112 Å². The molecule has 0 bridgehead atoms. The van der Waals surface area contributed by atoms with E-state index in [0.29, 0.717) is 18.6 Å². The smallest absolute Gasteiger partial charge is 0.328 e. The molecule has 2 atom stereocenters. The van der Waals surface area contributed by atoms with Gasteiger partial charge in [0.15, 0.2) is 0 Å². The molecule has 0 rings (SSSR count). The molecule has 106 valence electrons. The van der Waals surface area contributed by atoms with Crippen molar-refractivity contribution in [3.63, 3.8) is 0 Å². The maximum Gasteiger partial charge on any atom is 0.328 e. The molecule has 0 aromatic rings. The number of carbonyl (C=O) groups excluding carboxylic acids is 2. The van der Waals surface area contributed by atoms with Crippen LogP contribution in [0.25, 0.3) is 0 Å². The van der Waals surface area contributed by atoms with E-state index in [9.17, 15) is 14.2 Å². The molecular weight excluding hydrogens is 281 g/mol. The zero-order valence-electron chi connectivity index (χ0n) is 10.5. The van der Waals surface area contributed by atoms with Crippen molar-refractivity contribution >= 4 is 31.3 Å². The van der Waals surface area contributed by atoms with Gasteiger partial charge in [-0.25, -0.2) is 4.79 Å². The van der Waals surface area contributed by atoms with Gasteiger partial charge < -0.3 is 19.4 Å². The van der Waals surface area contributed by atoms with Crippen LogP contribution in [0.2, 0.25) is 0 Å². The Balaban J connectivity index is 4.05. The molecule has 0 aliphatic rings. The number of nitrogens with one attached hydrogen (secondary N) is 1. The van der Waals surface area contributed by atoms with Crippen molar-refractivity contribution in [3.8, 4) is 0 Å². The van der Waals surface area contributed by atoms with E-state index in [2.05, 4.69) is 10.1 Å². The van der Waals surface area contributed by atoms with E-state index in [1.165, 1.54) is 14.0 Å². The summed E-state index contributed by atoms with van der Waals surface area (Å²) in [5.41, 5.74) is 0. The average Bonchev–Trinajstić information content (AvgIpc) is 2.33. The van der Waals surface area contributed by atoms with Crippen LogP contribution in [0.3, 0.4) is 0 Å². The molecular formula is C10H19ClNO5P. The van der Waals surface area contributed by atoms with Gasteiger partial charge in [-0.15, -0.1) is 11.6 Å². The Morgan fingerprint density at radius 1 is 1.44 bits per heavy atom. The van der Waals surface area contributed by atoms with Gasteiger partial charge in [0.05, 0.1) is 20.1 Å².